The molecule has 1 aromatic carbocycles. The van der Waals surface area contributed by atoms with Gasteiger partial charge in [-0.3, -0.25) is 14.6 Å². The number of benzene rings is 1. The highest BCUT2D eigenvalue weighted by atomic mass is 16.2. The third-order valence-electron chi connectivity index (χ3n) is 5.57. The number of likely N-dealkylation sites (tertiary alicyclic amines) is 1. The van der Waals surface area contributed by atoms with Crippen molar-refractivity contribution < 1.29 is 9.59 Å². The Morgan fingerprint density at radius 1 is 1.22 bits per heavy atom. The molecule has 2 amide bonds. The zero-order valence-corrected chi connectivity index (χ0v) is 15.6. The Bertz CT molecular complexity index is 846. The maximum atomic E-state index is 12.8. The highest BCUT2D eigenvalue weighted by Gasteiger charge is 2.46. The van der Waals surface area contributed by atoms with Gasteiger partial charge in [0.05, 0.1) is 5.92 Å². The number of carbonyl (C=O) groups excluding carboxylic acids is 2. The molecule has 1 saturated carbocycles. The number of hydrogen-bond acceptors (Lipinski definition) is 3. The number of carbonyl (C=O) groups is 2. The van der Waals surface area contributed by atoms with E-state index in [0.29, 0.717) is 19.5 Å². The lowest BCUT2D eigenvalue weighted by molar-refractivity contribution is -0.129. The fraction of sp³-hybridized carbons (Fsp3) is 0.409. The van der Waals surface area contributed by atoms with Crippen LogP contribution in [0.3, 0.4) is 0 Å². The summed E-state index contributed by atoms with van der Waals surface area (Å²) in [6, 6.07) is 12.3. The van der Waals surface area contributed by atoms with Gasteiger partial charge >= 0.3 is 0 Å². The minimum absolute atomic E-state index is 0.0192. The molecule has 1 unspecified atom stereocenters. The van der Waals surface area contributed by atoms with Gasteiger partial charge in [0, 0.05) is 37.4 Å². The molecule has 2 heterocycles. The molecule has 2 aliphatic rings. The molecule has 2 fully saturated rings. The second-order valence-electron chi connectivity index (χ2n) is 7.97. The van der Waals surface area contributed by atoms with Crippen molar-refractivity contribution in [2.45, 2.75) is 44.7 Å². The summed E-state index contributed by atoms with van der Waals surface area (Å²) in [5.74, 6) is -0.185. The minimum Gasteiger partial charge on any atom is -0.350 e. The molecule has 140 valence electrons. The lowest BCUT2D eigenvalue weighted by Crippen LogP contribution is -2.42. The van der Waals surface area contributed by atoms with E-state index in [1.54, 1.807) is 17.3 Å². The van der Waals surface area contributed by atoms with Gasteiger partial charge in [-0.15, -0.1) is 0 Å². The van der Waals surface area contributed by atoms with Crippen LogP contribution in [0.4, 0.5) is 0 Å². The van der Waals surface area contributed by atoms with Gasteiger partial charge in [-0.05, 0) is 49.4 Å². The second kappa shape index (κ2) is 7.14. The summed E-state index contributed by atoms with van der Waals surface area (Å²) in [5, 5.41) is 3.25. The van der Waals surface area contributed by atoms with Crippen LogP contribution >= 0.6 is 0 Å². The van der Waals surface area contributed by atoms with Crippen LogP contribution in [-0.4, -0.2) is 33.8 Å². The van der Waals surface area contributed by atoms with Crippen LogP contribution in [0, 0.1) is 12.8 Å². The van der Waals surface area contributed by atoms with Crippen LogP contribution in [0.15, 0.2) is 48.8 Å². The standard InChI is InChI=1S/C22H25N3O2/c1-16-3-2-4-18(11-16)13-22(7-8-22)24-21(27)19-12-20(26)25(15-19)14-17-5-9-23-10-6-17/h2-6,9-11,19H,7-8,12-15H2,1H3,(H,24,27). The fourth-order valence-corrected chi connectivity index (χ4v) is 3.88. The van der Waals surface area contributed by atoms with Gasteiger partial charge in [-0.1, -0.05) is 29.8 Å². The third-order valence-corrected chi connectivity index (χ3v) is 5.57. The smallest absolute Gasteiger partial charge is 0.225 e. The number of nitrogens with zero attached hydrogens (tertiary/aromatic N) is 2. The van der Waals surface area contributed by atoms with Crippen molar-refractivity contribution in [3.63, 3.8) is 0 Å². The fourth-order valence-electron chi connectivity index (χ4n) is 3.88. The molecule has 1 atom stereocenters. The number of amides is 2. The summed E-state index contributed by atoms with van der Waals surface area (Å²) in [5.41, 5.74) is 3.42. The molecular formula is C22H25N3O2. The molecule has 1 N–H and O–H groups in total. The molecule has 1 saturated heterocycles. The predicted octanol–water partition coefficient (Wildman–Crippen LogP) is 2.63. The summed E-state index contributed by atoms with van der Waals surface area (Å²) in [4.78, 5) is 30.9. The molecule has 1 aromatic heterocycles. The predicted molar refractivity (Wildman–Crippen MR) is 103 cm³/mol. The molecule has 27 heavy (non-hydrogen) atoms. The van der Waals surface area contributed by atoms with Crippen LogP contribution in [0.25, 0.3) is 0 Å². The average Bonchev–Trinajstić information content (AvgIpc) is 3.29. The monoisotopic (exact) mass is 363 g/mol. The first-order valence-electron chi connectivity index (χ1n) is 9.57. The molecule has 5 heteroatoms. The first kappa shape index (κ1) is 17.7. The Labute approximate surface area is 159 Å². The van der Waals surface area contributed by atoms with Gasteiger partial charge in [0.15, 0.2) is 0 Å². The lowest BCUT2D eigenvalue weighted by Gasteiger charge is -2.21. The van der Waals surface area contributed by atoms with Crippen molar-refractivity contribution in [3.8, 4) is 0 Å². The van der Waals surface area contributed by atoms with Crippen LogP contribution < -0.4 is 5.32 Å². The Morgan fingerprint density at radius 3 is 2.70 bits per heavy atom. The van der Waals surface area contributed by atoms with E-state index in [-0.39, 0.29) is 23.3 Å². The Kier molecular flexibility index (Phi) is 4.68. The molecular weight excluding hydrogens is 338 g/mol. The minimum atomic E-state index is -0.255. The second-order valence-corrected chi connectivity index (χ2v) is 7.97. The van der Waals surface area contributed by atoms with E-state index < -0.39 is 0 Å². The molecule has 0 spiro atoms. The summed E-state index contributed by atoms with van der Waals surface area (Å²) >= 11 is 0. The highest BCUT2D eigenvalue weighted by Crippen LogP contribution is 2.39. The largest absolute Gasteiger partial charge is 0.350 e. The Morgan fingerprint density at radius 2 is 2.00 bits per heavy atom. The van der Waals surface area contributed by atoms with E-state index in [0.717, 1.165) is 24.8 Å². The first-order valence-corrected chi connectivity index (χ1v) is 9.57. The number of hydrogen-bond donors (Lipinski definition) is 1. The summed E-state index contributed by atoms with van der Waals surface area (Å²) < 4.78 is 0. The van der Waals surface area contributed by atoms with Crippen LogP contribution in [0.5, 0.6) is 0 Å². The van der Waals surface area contributed by atoms with E-state index in [4.69, 9.17) is 0 Å². The van der Waals surface area contributed by atoms with Gasteiger partial charge in [0.25, 0.3) is 0 Å². The van der Waals surface area contributed by atoms with Crippen molar-refractivity contribution in [1.29, 1.82) is 0 Å². The quantitative estimate of drug-likeness (QED) is 0.858. The summed E-state index contributed by atoms with van der Waals surface area (Å²) in [6.07, 6.45) is 6.63. The molecule has 0 bridgehead atoms. The summed E-state index contributed by atoms with van der Waals surface area (Å²) in [7, 11) is 0. The Balaban J connectivity index is 1.35. The topological polar surface area (TPSA) is 62.3 Å². The number of aryl methyl sites for hydroxylation is 1. The number of aromatic nitrogens is 1. The molecule has 5 nitrogen and oxygen atoms in total. The zero-order valence-electron chi connectivity index (χ0n) is 15.6. The van der Waals surface area contributed by atoms with E-state index in [9.17, 15) is 9.59 Å². The number of nitrogens with one attached hydrogen (secondary N) is 1. The van der Waals surface area contributed by atoms with Crippen molar-refractivity contribution in [2.24, 2.45) is 5.92 Å². The zero-order chi connectivity index (χ0) is 18.9. The molecule has 0 radical (unpaired) electrons. The third kappa shape index (κ3) is 4.18. The van der Waals surface area contributed by atoms with Gasteiger partial charge in [0.2, 0.25) is 11.8 Å². The average molecular weight is 363 g/mol. The summed E-state index contributed by atoms with van der Waals surface area (Å²) in [6.45, 7) is 3.12. The maximum absolute atomic E-state index is 12.8. The van der Waals surface area contributed by atoms with Gasteiger partial charge in [-0.2, -0.15) is 0 Å². The van der Waals surface area contributed by atoms with Crippen molar-refractivity contribution in [3.05, 3.63) is 65.5 Å². The van der Waals surface area contributed by atoms with Gasteiger partial charge in [-0.25, -0.2) is 0 Å². The van der Waals surface area contributed by atoms with Crippen molar-refractivity contribution in [1.82, 2.24) is 15.2 Å². The van der Waals surface area contributed by atoms with E-state index >= 15 is 0 Å². The van der Waals surface area contributed by atoms with Gasteiger partial charge < -0.3 is 10.2 Å². The van der Waals surface area contributed by atoms with E-state index in [1.165, 1.54) is 11.1 Å². The molecule has 1 aliphatic heterocycles. The van der Waals surface area contributed by atoms with Crippen LogP contribution in [0.1, 0.15) is 36.0 Å². The maximum Gasteiger partial charge on any atom is 0.225 e. The SMILES string of the molecule is Cc1cccc(CC2(NC(=O)C3CC(=O)N(Cc4ccncc4)C3)CC2)c1. The number of rotatable bonds is 6. The lowest BCUT2D eigenvalue weighted by atomic mass is 10.0. The highest BCUT2D eigenvalue weighted by molar-refractivity contribution is 5.89. The van der Waals surface area contributed by atoms with Crippen molar-refractivity contribution in [2.75, 3.05) is 6.54 Å². The van der Waals surface area contributed by atoms with Crippen LogP contribution in [0.2, 0.25) is 0 Å². The molecule has 1 aliphatic carbocycles. The normalized spacial score (nSPS) is 20.6. The molecule has 2 aromatic rings. The van der Waals surface area contributed by atoms with E-state index in [2.05, 4.69) is 41.5 Å². The van der Waals surface area contributed by atoms with Gasteiger partial charge in [0.1, 0.15) is 0 Å². The van der Waals surface area contributed by atoms with Crippen LogP contribution in [-0.2, 0) is 22.6 Å². The Hall–Kier alpha value is -2.69. The first-order chi connectivity index (χ1) is 13.0. The molecule has 4 rings (SSSR count). The number of pyridine rings is 1. The van der Waals surface area contributed by atoms with Crippen molar-refractivity contribution >= 4 is 11.8 Å². The van der Waals surface area contributed by atoms with E-state index in [1.807, 2.05) is 12.1 Å².